The summed E-state index contributed by atoms with van der Waals surface area (Å²) >= 11 is 0. The number of carboxylic acids is 1. The fraction of sp³-hybridized carbons (Fsp3) is 0.577. The Kier molecular flexibility index (Phi) is 6.98. The van der Waals surface area contributed by atoms with Crippen molar-refractivity contribution in [2.75, 3.05) is 11.9 Å². The lowest BCUT2D eigenvalue weighted by Crippen LogP contribution is -2.48. The van der Waals surface area contributed by atoms with E-state index in [-0.39, 0.29) is 24.0 Å². The molecule has 2 unspecified atom stereocenters. The predicted molar refractivity (Wildman–Crippen MR) is 133 cm³/mol. The number of nitrogens with zero attached hydrogens (tertiary/aromatic N) is 2. The van der Waals surface area contributed by atoms with Gasteiger partial charge in [-0.1, -0.05) is 33.6 Å². The Labute approximate surface area is 201 Å². The van der Waals surface area contributed by atoms with Gasteiger partial charge < -0.3 is 21.5 Å². The lowest BCUT2D eigenvalue weighted by molar-refractivity contribution is -0.136. The van der Waals surface area contributed by atoms with Gasteiger partial charge in [-0.05, 0) is 67.7 Å². The molecule has 0 aliphatic heterocycles. The molecule has 8 heteroatoms. The SMILES string of the molecule is CCc1nn(-c2ccc(C(N)=O)c(NC3CCCCC3NCC(=O)O)c2)c2c1CCC(C)(C)C2. The van der Waals surface area contributed by atoms with Gasteiger partial charge in [0.1, 0.15) is 0 Å². The van der Waals surface area contributed by atoms with Crippen LogP contribution in [0, 0.1) is 5.41 Å². The summed E-state index contributed by atoms with van der Waals surface area (Å²) < 4.78 is 2.05. The Bertz CT molecular complexity index is 1070. The molecule has 1 aromatic heterocycles. The second kappa shape index (κ2) is 9.78. The highest BCUT2D eigenvalue weighted by atomic mass is 16.4. The van der Waals surface area contributed by atoms with E-state index >= 15 is 0 Å². The van der Waals surface area contributed by atoms with E-state index in [9.17, 15) is 9.59 Å². The molecule has 8 nitrogen and oxygen atoms in total. The first-order valence-electron chi connectivity index (χ1n) is 12.4. The number of amides is 1. The summed E-state index contributed by atoms with van der Waals surface area (Å²) in [4.78, 5) is 23.3. The van der Waals surface area contributed by atoms with Crippen LogP contribution in [0.3, 0.4) is 0 Å². The Hall–Kier alpha value is -2.87. The van der Waals surface area contributed by atoms with Crippen molar-refractivity contribution in [2.45, 2.75) is 84.2 Å². The van der Waals surface area contributed by atoms with Crippen molar-refractivity contribution in [1.29, 1.82) is 0 Å². The minimum atomic E-state index is -0.873. The molecule has 2 aliphatic rings. The van der Waals surface area contributed by atoms with Gasteiger partial charge >= 0.3 is 5.97 Å². The Morgan fingerprint density at radius 1 is 1.24 bits per heavy atom. The van der Waals surface area contributed by atoms with Crippen LogP contribution in [0.25, 0.3) is 5.69 Å². The summed E-state index contributed by atoms with van der Waals surface area (Å²) in [6.07, 6.45) is 7.92. The van der Waals surface area contributed by atoms with Crippen LogP contribution in [-0.2, 0) is 24.1 Å². The van der Waals surface area contributed by atoms with Gasteiger partial charge in [0, 0.05) is 23.5 Å². The minimum Gasteiger partial charge on any atom is -0.480 e. The zero-order valence-electron chi connectivity index (χ0n) is 20.5. The number of benzene rings is 1. The van der Waals surface area contributed by atoms with Gasteiger partial charge in [0.05, 0.1) is 23.5 Å². The van der Waals surface area contributed by atoms with Crippen molar-refractivity contribution < 1.29 is 14.7 Å². The van der Waals surface area contributed by atoms with Crippen molar-refractivity contribution in [2.24, 2.45) is 11.1 Å². The molecule has 1 saturated carbocycles. The van der Waals surface area contributed by atoms with Gasteiger partial charge in [0.15, 0.2) is 0 Å². The van der Waals surface area contributed by atoms with Gasteiger partial charge in [-0.2, -0.15) is 5.10 Å². The predicted octanol–water partition coefficient (Wildman–Crippen LogP) is 3.45. The maximum Gasteiger partial charge on any atom is 0.317 e. The second-order valence-corrected chi connectivity index (χ2v) is 10.5. The van der Waals surface area contributed by atoms with Crippen LogP contribution in [0.15, 0.2) is 18.2 Å². The van der Waals surface area contributed by atoms with Crippen LogP contribution < -0.4 is 16.4 Å². The number of nitrogens with two attached hydrogens (primary N) is 1. The number of carbonyl (C=O) groups is 2. The topological polar surface area (TPSA) is 122 Å². The number of aliphatic carboxylic acids is 1. The highest BCUT2D eigenvalue weighted by molar-refractivity contribution is 5.99. The molecule has 2 aromatic rings. The molecular formula is C26H37N5O3. The largest absolute Gasteiger partial charge is 0.480 e. The molecule has 4 rings (SSSR count). The van der Waals surface area contributed by atoms with Gasteiger partial charge in [0.2, 0.25) is 0 Å². The van der Waals surface area contributed by atoms with Crippen molar-refractivity contribution in [3.8, 4) is 5.69 Å². The Morgan fingerprint density at radius 3 is 2.65 bits per heavy atom. The van der Waals surface area contributed by atoms with E-state index in [2.05, 4.69) is 31.4 Å². The quantitative estimate of drug-likeness (QED) is 0.472. The van der Waals surface area contributed by atoms with E-state index in [1.807, 2.05) is 16.8 Å². The first-order chi connectivity index (χ1) is 16.2. The van der Waals surface area contributed by atoms with Crippen molar-refractivity contribution >= 4 is 17.6 Å². The number of rotatable bonds is 8. The maximum absolute atomic E-state index is 12.2. The van der Waals surface area contributed by atoms with Crippen LogP contribution in [0.1, 0.15) is 80.2 Å². The lowest BCUT2D eigenvalue weighted by Gasteiger charge is -2.34. The molecule has 2 atom stereocenters. The van der Waals surface area contributed by atoms with Gasteiger partial charge in [-0.25, -0.2) is 4.68 Å². The van der Waals surface area contributed by atoms with E-state index in [0.717, 1.165) is 62.7 Å². The third-order valence-corrected chi connectivity index (χ3v) is 7.34. The number of nitrogens with one attached hydrogen (secondary N) is 2. The van der Waals surface area contributed by atoms with Crippen molar-refractivity contribution in [3.63, 3.8) is 0 Å². The highest BCUT2D eigenvalue weighted by Gasteiger charge is 2.31. The normalized spacial score (nSPS) is 21.6. The van der Waals surface area contributed by atoms with E-state index in [1.165, 1.54) is 11.3 Å². The molecule has 5 N–H and O–H groups in total. The van der Waals surface area contributed by atoms with Crippen LogP contribution in [-0.4, -0.2) is 45.4 Å². The monoisotopic (exact) mass is 467 g/mol. The van der Waals surface area contributed by atoms with E-state index in [1.54, 1.807) is 6.07 Å². The molecule has 0 radical (unpaired) electrons. The van der Waals surface area contributed by atoms with Crippen LogP contribution in [0.2, 0.25) is 0 Å². The number of hydrogen-bond acceptors (Lipinski definition) is 5. The summed E-state index contributed by atoms with van der Waals surface area (Å²) in [6.45, 7) is 6.66. The summed E-state index contributed by atoms with van der Waals surface area (Å²) in [7, 11) is 0. The van der Waals surface area contributed by atoms with Crippen LogP contribution in [0.5, 0.6) is 0 Å². The summed E-state index contributed by atoms with van der Waals surface area (Å²) in [5.74, 6) is -1.36. The van der Waals surface area contributed by atoms with Crippen molar-refractivity contribution in [3.05, 3.63) is 40.7 Å². The van der Waals surface area contributed by atoms with E-state index < -0.39 is 11.9 Å². The molecule has 0 spiro atoms. The molecule has 1 heterocycles. The zero-order valence-corrected chi connectivity index (χ0v) is 20.5. The molecule has 184 valence electrons. The summed E-state index contributed by atoms with van der Waals surface area (Å²) in [6, 6.07) is 5.69. The van der Waals surface area contributed by atoms with Gasteiger partial charge in [-0.3, -0.25) is 9.59 Å². The third kappa shape index (κ3) is 5.12. The van der Waals surface area contributed by atoms with Gasteiger partial charge in [-0.15, -0.1) is 0 Å². The second-order valence-electron chi connectivity index (χ2n) is 10.5. The third-order valence-electron chi connectivity index (χ3n) is 7.34. The molecule has 0 bridgehead atoms. The number of aromatic nitrogens is 2. The molecule has 34 heavy (non-hydrogen) atoms. The Morgan fingerprint density at radius 2 is 1.97 bits per heavy atom. The number of primary amides is 1. The highest BCUT2D eigenvalue weighted by Crippen LogP contribution is 2.38. The number of anilines is 1. The molecule has 2 aliphatic carbocycles. The molecule has 0 saturated heterocycles. The fourth-order valence-corrected chi connectivity index (χ4v) is 5.47. The lowest BCUT2D eigenvalue weighted by atomic mass is 9.76. The standard InChI is InChI=1S/C26H37N5O3/c1-4-19-17-11-12-26(2,3)14-23(17)31(30-19)16-9-10-18(25(27)34)22(13-16)29-21-8-6-5-7-20(21)28-15-24(32)33/h9-10,13,20-21,28-29H,4-8,11-12,14-15H2,1-3H3,(H2,27,34)(H,32,33). The maximum atomic E-state index is 12.2. The first kappa shape index (κ1) is 24.3. The number of hydrogen-bond donors (Lipinski definition) is 4. The van der Waals surface area contributed by atoms with E-state index in [0.29, 0.717) is 11.3 Å². The molecular weight excluding hydrogens is 430 g/mol. The summed E-state index contributed by atoms with van der Waals surface area (Å²) in [5, 5.41) is 20.8. The average Bonchev–Trinajstić information content (AvgIpc) is 3.14. The minimum absolute atomic E-state index is 0.0122. The Balaban J connectivity index is 1.69. The smallest absolute Gasteiger partial charge is 0.317 e. The number of carbonyl (C=O) groups excluding carboxylic acids is 1. The molecule has 1 aromatic carbocycles. The number of carboxylic acid groups (broad SMARTS) is 1. The first-order valence-corrected chi connectivity index (χ1v) is 12.4. The number of aryl methyl sites for hydroxylation is 1. The fourth-order valence-electron chi connectivity index (χ4n) is 5.47. The number of fused-ring (bicyclic) bond motifs is 1. The molecule has 1 amide bonds. The molecule has 1 fully saturated rings. The average molecular weight is 468 g/mol. The summed E-state index contributed by atoms with van der Waals surface area (Å²) in [5.41, 5.74) is 11.7. The van der Waals surface area contributed by atoms with Gasteiger partial charge in [0.25, 0.3) is 5.91 Å². The van der Waals surface area contributed by atoms with Crippen molar-refractivity contribution in [1.82, 2.24) is 15.1 Å². The van der Waals surface area contributed by atoms with E-state index in [4.69, 9.17) is 15.9 Å². The van der Waals surface area contributed by atoms with Crippen LogP contribution >= 0.6 is 0 Å². The zero-order chi connectivity index (χ0) is 24.5. The van der Waals surface area contributed by atoms with Crippen LogP contribution in [0.4, 0.5) is 5.69 Å².